The molecule has 1 rings (SSSR count). The molecule has 0 fully saturated rings. The minimum atomic E-state index is -0.816. The molecule has 0 unspecified atom stereocenters. The van der Waals surface area contributed by atoms with Gasteiger partial charge in [-0.15, -0.1) is 0 Å². The molecule has 0 spiro atoms. The summed E-state index contributed by atoms with van der Waals surface area (Å²) < 4.78 is 0. The Bertz CT molecular complexity index is 148. The van der Waals surface area contributed by atoms with E-state index in [4.69, 9.17) is 0 Å². The van der Waals surface area contributed by atoms with Crippen LogP contribution in [0.5, 0.6) is 0 Å². The molecule has 0 saturated heterocycles. The number of nitrogens with zero attached hydrogens (tertiary/aromatic N) is 5. The van der Waals surface area contributed by atoms with Gasteiger partial charge in [0.05, 0.1) is 0 Å². The van der Waals surface area contributed by atoms with E-state index in [0.717, 1.165) is 0 Å². The summed E-state index contributed by atoms with van der Waals surface area (Å²) in [5.74, 6) is 0. The standard InChI is InChI=1S/CN5O2/c7-6(8)5-3-1-2-4-5/q+1. The van der Waals surface area contributed by atoms with Gasteiger partial charge in [0.1, 0.15) is 0 Å². The van der Waals surface area contributed by atoms with Crippen LogP contribution in [0, 0.1) is 10.1 Å². The summed E-state index contributed by atoms with van der Waals surface area (Å²) in [7, 11) is 0. The molecule has 8 heavy (non-hydrogen) atoms. The van der Waals surface area contributed by atoms with E-state index in [2.05, 4.69) is 15.4 Å². The first-order chi connectivity index (χ1) is 3.80. The van der Waals surface area contributed by atoms with Crippen LogP contribution in [0.1, 0.15) is 0 Å². The number of hydrazine groups is 1. The predicted octanol–water partition coefficient (Wildman–Crippen LogP) is -0.319. The van der Waals surface area contributed by atoms with Crippen LogP contribution < -0.4 is 0 Å². The third kappa shape index (κ3) is 0.569. The SMILES string of the molecule is O=[N+]([O-])N1N=[C+]N=N1. The van der Waals surface area contributed by atoms with Crippen molar-refractivity contribution in [3.63, 3.8) is 0 Å². The van der Waals surface area contributed by atoms with E-state index in [1.54, 1.807) is 0 Å². The van der Waals surface area contributed by atoms with Crippen molar-refractivity contribution in [3.8, 4) is 0 Å². The lowest BCUT2D eigenvalue weighted by atomic mass is 11.4. The second kappa shape index (κ2) is 1.47. The lowest BCUT2D eigenvalue weighted by Gasteiger charge is -1.88. The lowest BCUT2D eigenvalue weighted by molar-refractivity contribution is -0.659. The molecule has 0 amide bonds. The molecular weight excluding hydrogens is 114 g/mol. The van der Waals surface area contributed by atoms with Crippen LogP contribution in [0.2, 0.25) is 0 Å². The number of hydrogen-bond donors (Lipinski definition) is 0. The van der Waals surface area contributed by atoms with Gasteiger partial charge in [-0.3, -0.25) is 0 Å². The number of nitro groups is 1. The highest BCUT2D eigenvalue weighted by Crippen LogP contribution is 1.95. The Balaban J connectivity index is 2.62. The van der Waals surface area contributed by atoms with Gasteiger partial charge in [-0.25, -0.2) is 0 Å². The Morgan fingerprint density at radius 1 is 1.75 bits per heavy atom. The van der Waals surface area contributed by atoms with Crippen molar-refractivity contribution in [2.45, 2.75) is 0 Å². The van der Waals surface area contributed by atoms with Crippen molar-refractivity contribution in [1.82, 2.24) is 5.23 Å². The predicted molar refractivity (Wildman–Crippen MR) is 21.1 cm³/mol. The quantitative estimate of drug-likeness (QED) is 0.266. The molecule has 0 radical (unpaired) electrons. The molecule has 0 bridgehead atoms. The Kier molecular flexibility index (Phi) is 0.833. The van der Waals surface area contributed by atoms with E-state index >= 15 is 0 Å². The van der Waals surface area contributed by atoms with E-state index in [1.165, 1.54) is 0 Å². The molecule has 0 saturated carbocycles. The van der Waals surface area contributed by atoms with Crippen molar-refractivity contribution in [3.05, 3.63) is 10.1 Å². The Labute approximate surface area is 43.4 Å². The van der Waals surface area contributed by atoms with Crippen LogP contribution in [0.3, 0.4) is 0 Å². The molecule has 7 heteroatoms. The Morgan fingerprint density at radius 2 is 2.50 bits per heavy atom. The first-order valence-corrected chi connectivity index (χ1v) is 1.61. The summed E-state index contributed by atoms with van der Waals surface area (Å²) in [4.78, 5) is 9.65. The van der Waals surface area contributed by atoms with Crippen LogP contribution in [-0.2, 0) is 0 Å². The van der Waals surface area contributed by atoms with Crippen LogP contribution >= 0.6 is 0 Å². The molecule has 0 aromatic heterocycles. The average Bonchev–Trinajstić information content (AvgIpc) is 2.12. The maximum atomic E-state index is 9.65. The zero-order valence-electron chi connectivity index (χ0n) is 3.55. The van der Waals surface area contributed by atoms with Gasteiger partial charge in [0.15, 0.2) is 0 Å². The first kappa shape index (κ1) is 4.54. The van der Waals surface area contributed by atoms with Crippen LogP contribution in [0.25, 0.3) is 0 Å². The summed E-state index contributed by atoms with van der Waals surface area (Å²) in [5.41, 5.74) is 0. The average molecular weight is 114 g/mol. The van der Waals surface area contributed by atoms with Crippen LogP contribution in [0.15, 0.2) is 15.4 Å². The molecule has 0 aliphatic carbocycles. The first-order valence-electron chi connectivity index (χ1n) is 1.61. The monoisotopic (exact) mass is 114 g/mol. The maximum Gasteiger partial charge on any atom is 0.701 e. The molecule has 1 heterocycles. The van der Waals surface area contributed by atoms with E-state index in [-0.39, 0.29) is 5.23 Å². The fourth-order valence-corrected chi connectivity index (χ4v) is 0.209. The Morgan fingerprint density at radius 3 is 2.75 bits per heavy atom. The number of hydrazone groups is 1. The van der Waals surface area contributed by atoms with Gasteiger partial charge in [0.2, 0.25) is 10.5 Å². The highest BCUT2D eigenvalue weighted by molar-refractivity contribution is 5.54. The molecule has 1 aliphatic heterocycles. The second-order valence-electron chi connectivity index (χ2n) is 0.896. The van der Waals surface area contributed by atoms with Gasteiger partial charge in [0, 0.05) is 5.03 Å². The molecule has 0 atom stereocenters. The third-order valence-corrected chi connectivity index (χ3v) is 0.450. The second-order valence-corrected chi connectivity index (χ2v) is 0.896. The topological polar surface area (TPSA) is 83.5 Å². The third-order valence-electron chi connectivity index (χ3n) is 0.450. The zero-order valence-corrected chi connectivity index (χ0v) is 3.55. The summed E-state index contributed by atoms with van der Waals surface area (Å²) >= 11 is 0. The van der Waals surface area contributed by atoms with E-state index in [9.17, 15) is 10.1 Å². The van der Waals surface area contributed by atoms with Crippen molar-refractivity contribution in [2.24, 2.45) is 15.4 Å². The molecule has 40 valence electrons. The van der Waals surface area contributed by atoms with Crippen molar-refractivity contribution in [1.29, 1.82) is 0 Å². The maximum absolute atomic E-state index is 9.65. The largest absolute Gasteiger partial charge is 0.701 e. The molecule has 0 N–H and O–H groups in total. The normalized spacial score (nSPS) is 14.2. The van der Waals surface area contributed by atoms with Gasteiger partial charge in [-0.1, -0.05) is 0 Å². The van der Waals surface area contributed by atoms with Gasteiger partial charge in [-0.05, 0) is 0 Å². The zero-order chi connectivity index (χ0) is 5.98. The van der Waals surface area contributed by atoms with E-state index in [0.29, 0.717) is 0 Å². The highest BCUT2D eigenvalue weighted by atomic mass is 16.7. The fraction of sp³-hybridized carbons (Fsp3) is 0. The summed E-state index contributed by atoms with van der Waals surface area (Å²) in [6.07, 6.45) is 1.92. The highest BCUT2D eigenvalue weighted by Gasteiger charge is 2.28. The minimum absolute atomic E-state index is 0.222. The number of rotatable bonds is 1. The van der Waals surface area contributed by atoms with Gasteiger partial charge in [0.25, 0.3) is 5.11 Å². The molecule has 0 aromatic rings. The molecule has 1 aliphatic rings. The van der Waals surface area contributed by atoms with Crippen molar-refractivity contribution >= 4 is 6.34 Å². The van der Waals surface area contributed by atoms with Gasteiger partial charge >= 0.3 is 11.4 Å². The summed E-state index contributed by atoms with van der Waals surface area (Å²) in [6.45, 7) is 0. The fourth-order valence-electron chi connectivity index (χ4n) is 0.209. The van der Waals surface area contributed by atoms with Crippen molar-refractivity contribution in [2.75, 3.05) is 0 Å². The van der Waals surface area contributed by atoms with Crippen molar-refractivity contribution < 1.29 is 5.03 Å². The van der Waals surface area contributed by atoms with E-state index in [1.807, 2.05) is 6.34 Å². The van der Waals surface area contributed by atoms with Gasteiger partial charge in [-0.2, -0.15) is 0 Å². The van der Waals surface area contributed by atoms with Crippen LogP contribution in [-0.4, -0.2) is 16.6 Å². The number of hydrogen-bond acceptors (Lipinski definition) is 5. The molecule has 7 nitrogen and oxygen atoms in total. The van der Waals surface area contributed by atoms with Gasteiger partial charge < -0.3 is 10.1 Å². The molecular formula is CN5O2+. The smallest absolute Gasteiger partial charge is 0.372 e. The lowest BCUT2D eigenvalue weighted by Crippen LogP contribution is -2.14. The summed E-state index contributed by atoms with van der Waals surface area (Å²) in [6, 6.07) is 0. The van der Waals surface area contributed by atoms with Crippen LogP contribution in [0.4, 0.5) is 0 Å². The van der Waals surface area contributed by atoms with E-state index < -0.39 is 5.03 Å². The minimum Gasteiger partial charge on any atom is -0.372 e. The summed E-state index contributed by atoms with van der Waals surface area (Å²) in [5, 5.41) is 17.9. The Hall–Kier alpha value is -1.62. The molecule has 0 aromatic carbocycles.